The fourth-order valence-corrected chi connectivity index (χ4v) is 1.77. The summed E-state index contributed by atoms with van der Waals surface area (Å²) >= 11 is 0. The van der Waals surface area contributed by atoms with Crippen LogP contribution in [0.15, 0.2) is 48.5 Å². The van der Waals surface area contributed by atoms with Crippen molar-refractivity contribution in [2.24, 2.45) is 0 Å². The van der Waals surface area contributed by atoms with E-state index in [9.17, 15) is 9.18 Å². The summed E-state index contributed by atoms with van der Waals surface area (Å²) in [5.41, 5.74) is 0.411. The number of rotatable bonds is 6. The molecule has 0 spiro atoms. The van der Waals surface area contributed by atoms with E-state index in [1.54, 1.807) is 19.2 Å². The monoisotopic (exact) mass is 289 g/mol. The second-order valence-electron chi connectivity index (χ2n) is 4.26. The predicted molar refractivity (Wildman–Crippen MR) is 77.2 cm³/mol. The molecule has 0 radical (unpaired) electrons. The van der Waals surface area contributed by atoms with E-state index in [1.807, 2.05) is 12.1 Å². The van der Waals surface area contributed by atoms with E-state index >= 15 is 0 Å². The molecule has 0 atom stereocenters. The lowest BCUT2D eigenvalue weighted by Crippen LogP contribution is -2.28. The van der Waals surface area contributed by atoms with Crippen LogP contribution in [-0.2, 0) is 0 Å². The van der Waals surface area contributed by atoms with Gasteiger partial charge in [-0.15, -0.1) is 0 Å². The molecule has 2 aromatic rings. The van der Waals surface area contributed by atoms with Gasteiger partial charge >= 0.3 is 0 Å². The van der Waals surface area contributed by atoms with Crippen LogP contribution in [0.25, 0.3) is 0 Å². The highest BCUT2D eigenvalue weighted by atomic mass is 19.1. The summed E-state index contributed by atoms with van der Waals surface area (Å²) in [4.78, 5) is 11.8. The Morgan fingerprint density at radius 3 is 2.43 bits per heavy atom. The maximum absolute atomic E-state index is 12.8. The maximum atomic E-state index is 12.8. The number of benzene rings is 2. The molecule has 0 aliphatic carbocycles. The van der Waals surface area contributed by atoms with Crippen molar-refractivity contribution >= 4 is 5.91 Å². The van der Waals surface area contributed by atoms with Crippen LogP contribution in [0.2, 0.25) is 0 Å². The maximum Gasteiger partial charge on any atom is 0.251 e. The Labute approximate surface area is 122 Å². The second-order valence-corrected chi connectivity index (χ2v) is 4.26. The van der Waals surface area contributed by atoms with Gasteiger partial charge in [-0.2, -0.15) is 0 Å². The van der Waals surface area contributed by atoms with Gasteiger partial charge in [0.25, 0.3) is 5.91 Å². The van der Waals surface area contributed by atoms with Gasteiger partial charge in [0, 0.05) is 5.56 Å². The fourth-order valence-electron chi connectivity index (χ4n) is 1.77. The standard InChI is InChI=1S/C16H16FNO3/c1-20-14-4-2-3-5-15(14)21-11-10-18-16(19)12-6-8-13(17)9-7-12/h2-9H,10-11H2,1H3,(H,18,19). The molecule has 0 saturated heterocycles. The van der Waals surface area contributed by atoms with Crippen LogP contribution >= 0.6 is 0 Å². The first kappa shape index (κ1) is 14.8. The number of hydrogen-bond acceptors (Lipinski definition) is 3. The molecule has 0 fully saturated rings. The minimum absolute atomic E-state index is 0.265. The topological polar surface area (TPSA) is 47.6 Å². The molecule has 4 nitrogen and oxygen atoms in total. The smallest absolute Gasteiger partial charge is 0.251 e. The van der Waals surface area contributed by atoms with Crippen LogP contribution in [-0.4, -0.2) is 26.2 Å². The molecule has 1 amide bonds. The van der Waals surface area contributed by atoms with Crippen molar-refractivity contribution in [3.63, 3.8) is 0 Å². The van der Waals surface area contributed by atoms with Crippen molar-refractivity contribution in [3.8, 4) is 11.5 Å². The molecule has 5 heteroatoms. The molecule has 0 bridgehead atoms. The van der Waals surface area contributed by atoms with Crippen LogP contribution in [0.1, 0.15) is 10.4 Å². The lowest BCUT2D eigenvalue weighted by molar-refractivity contribution is 0.0947. The summed E-state index contributed by atoms with van der Waals surface area (Å²) in [6.07, 6.45) is 0. The average molecular weight is 289 g/mol. The molecular formula is C16H16FNO3. The first-order valence-electron chi connectivity index (χ1n) is 6.50. The molecular weight excluding hydrogens is 273 g/mol. The molecule has 2 rings (SSSR count). The van der Waals surface area contributed by atoms with E-state index in [-0.39, 0.29) is 11.7 Å². The average Bonchev–Trinajstić information content (AvgIpc) is 2.52. The van der Waals surface area contributed by atoms with Gasteiger partial charge < -0.3 is 14.8 Å². The fraction of sp³-hybridized carbons (Fsp3) is 0.188. The van der Waals surface area contributed by atoms with E-state index in [4.69, 9.17) is 9.47 Å². The number of nitrogens with one attached hydrogen (secondary N) is 1. The lowest BCUT2D eigenvalue weighted by atomic mass is 10.2. The molecule has 0 saturated carbocycles. The normalized spacial score (nSPS) is 10.0. The highest BCUT2D eigenvalue weighted by Gasteiger charge is 2.06. The molecule has 0 aromatic heterocycles. The molecule has 21 heavy (non-hydrogen) atoms. The van der Waals surface area contributed by atoms with E-state index in [2.05, 4.69) is 5.32 Å². The van der Waals surface area contributed by atoms with Crippen LogP contribution in [0, 0.1) is 5.82 Å². The van der Waals surface area contributed by atoms with Gasteiger partial charge in [0.1, 0.15) is 12.4 Å². The highest BCUT2D eigenvalue weighted by molar-refractivity contribution is 5.94. The van der Waals surface area contributed by atoms with Gasteiger partial charge in [0.15, 0.2) is 11.5 Å². The van der Waals surface area contributed by atoms with Crippen molar-refractivity contribution < 1.29 is 18.7 Å². The Kier molecular flexibility index (Phi) is 5.15. The van der Waals surface area contributed by atoms with E-state index in [0.29, 0.717) is 30.2 Å². The zero-order chi connectivity index (χ0) is 15.1. The van der Waals surface area contributed by atoms with Crippen LogP contribution in [0.3, 0.4) is 0 Å². The highest BCUT2D eigenvalue weighted by Crippen LogP contribution is 2.25. The summed E-state index contributed by atoms with van der Waals surface area (Å²) in [6.45, 7) is 0.654. The summed E-state index contributed by atoms with van der Waals surface area (Å²) in [5, 5.41) is 2.70. The minimum atomic E-state index is -0.369. The first-order chi connectivity index (χ1) is 10.2. The Bertz CT molecular complexity index is 599. The molecule has 0 aliphatic heterocycles. The van der Waals surface area contributed by atoms with E-state index in [0.717, 1.165) is 0 Å². The second kappa shape index (κ2) is 7.28. The van der Waals surface area contributed by atoms with Gasteiger partial charge in [0.2, 0.25) is 0 Å². The van der Waals surface area contributed by atoms with E-state index < -0.39 is 0 Å². The number of para-hydroxylation sites is 2. The van der Waals surface area contributed by atoms with Crippen LogP contribution < -0.4 is 14.8 Å². The summed E-state index contributed by atoms with van der Waals surface area (Å²) in [5.74, 6) is 0.628. The largest absolute Gasteiger partial charge is 0.493 e. The third-order valence-corrected chi connectivity index (χ3v) is 2.82. The summed E-state index contributed by atoms with van der Waals surface area (Å²) in [7, 11) is 1.57. The molecule has 2 aromatic carbocycles. The van der Waals surface area contributed by atoms with Gasteiger partial charge in [-0.25, -0.2) is 4.39 Å². The molecule has 110 valence electrons. The number of halogens is 1. The lowest BCUT2D eigenvalue weighted by Gasteiger charge is -2.10. The number of amides is 1. The van der Waals surface area contributed by atoms with Crippen LogP contribution in [0.5, 0.6) is 11.5 Å². The van der Waals surface area contributed by atoms with Crippen molar-refractivity contribution in [1.29, 1.82) is 0 Å². The Balaban J connectivity index is 1.79. The molecule has 1 N–H and O–H groups in total. The Morgan fingerprint density at radius 2 is 1.76 bits per heavy atom. The number of carbonyl (C=O) groups is 1. The molecule has 0 unspecified atom stereocenters. The Hall–Kier alpha value is -2.56. The number of ether oxygens (including phenoxy) is 2. The van der Waals surface area contributed by atoms with Crippen molar-refractivity contribution in [1.82, 2.24) is 5.32 Å². The number of methoxy groups -OCH3 is 1. The first-order valence-corrected chi connectivity index (χ1v) is 6.50. The predicted octanol–water partition coefficient (Wildman–Crippen LogP) is 2.64. The zero-order valence-corrected chi connectivity index (χ0v) is 11.6. The van der Waals surface area contributed by atoms with Gasteiger partial charge in [-0.1, -0.05) is 12.1 Å². The number of hydrogen-bond donors (Lipinski definition) is 1. The summed E-state index contributed by atoms with van der Waals surface area (Å²) in [6, 6.07) is 12.7. The van der Waals surface area contributed by atoms with Gasteiger partial charge in [-0.05, 0) is 36.4 Å². The molecule has 0 aliphatic rings. The van der Waals surface area contributed by atoms with Crippen molar-refractivity contribution in [3.05, 3.63) is 59.9 Å². The van der Waals surface area contributed by atoms with E-state index in [1.165, 1.54) is 24.3 Å². The number of carbonyl (C=O) groups excluding carboxylic acids is 1. The zero-order valence-electron chi connectivity index (χ0n) is 11.6. The minimum Gasteiger partial charge on any atom is -0.493 e. The van der Waals surface area contributed by atoms with Crippen molar-refractivity contribution in [2.45, 2.75) is 0 Å². The summed E-state index contributed by atoms with van der Waals surface area (Å²) < 4.78 is 23.4. The van der Waals surface area contributed by atoms with Crippen molar-refractivity contribution in [2.75, 3.05) is 20.3 Å². The van der Waals surface area contributed by atoms with Gasteiger partial charge in [-0.3, -0.25) is 4.79 Å². The molecule has 0 heterocycles. The third-order valence-electron chi connectivity index (χ3n) is 2.82. The quantitative estimate of drug-likeness (QED) is 0.832. The Morgan fingerprint density at radius 1 is 1.10 bits per heavy atom. The van der Waals surface area contributed by atoms with Gasteiger partial charge in [0.05, 0.1) is 13.7 Å². The van der Waals surface area contributed by atoms with Crippen LogP contribution in [0.4, 0.5) is 4.39 Å². The third kappa shape index (κ3) is 4.21. The SMILES string of the molecule is COc1ccccc1OCCNC(=O)c1ccc(F)cc1.